The van der Waals surface area contributed by atoms with Gasteiger partial charge in [0.05, 0.1) is 12.7 Å². The molecule has 4 nitrogen and oxygen atoms in total. The third-order valence-electron chi connectivity index (χ3n) is 14.1. The second kappa shape index (κ2) is 12.4. The van der Waals surface area contributed by atoms with Gasteiger partial charge in [0.15, 0.2) is 28.7 Å². The van der Waals surface area contributed by atoms with Crippen molar-refractivity contribution in [2.75, 3.05) is 6.61 Å². The van der Waals surface area contributed by atoms with Crippen LogP contribution in [0.1, 0.15) is 127 Å². The van der Waals surface area contributed by atoms with Gasteiger partial charge in [-0.3, -0.25) is 4.79 Å². The number of carbonyl (C=O) groups excluding carboxylic acids is 1. The zero-order valence-electron chi connectivity index (χ0n) is 30.5. The molecule has 0 aromatic rings. The van der Waals surface area contributed by atoms with Gasteiger partial charge in [-0.1, -0.05) is 80.4 Å². The largest absolute Gasteiger partial charge is 0.387 e. The average Bonchev–Trinajstić information content (AvgIpc) is 3.23. The maximum atomic E-state index is 13.7. The molecule has 4 aliphatic rings. The minimum Gasteiger partial charge on any atom is -0.387 e. The predicted octanol–water partition coefficient (Wildman–Crippen LogP) is 10.7. The van der Waals surface area contributed by atoms with Crippen molar-refractivity contribution in [3.8, 4) is 0 Å². The molecular formula is C37H68O4Si2. The Hall–Kier alpha value is -0.276. The Morgan fingerprint density at radius 3 is 2.07 bits per heavy atom. The number of rotatable bonds is 10. The standard InChI is InChI=1S/C37H68O4Si2/c1-14-26-16-18-30-29-17-15-27-25-28(19-22-37(27,9)31(29)20-23-36(26,30)8)39-24-21-32(38)33(40-42(10,11)34(2,3)4)41-43(12,13)35(5,6)7/h15,26,28-31,33H,14,16-25H2,1-13H3/t26-,28?,29-,30-,31-,36+,37-/m0/s1. The highest BCUT2D eigenvalue weighted by Gasteiger charge is 2.58. The van der Waals surface area contributed by atoms with Crippen LogP contribution in [0, 0.1) is 34.5 Å². The summed E-state index contributed by atoms with van der Waals surface area (Å²) < 4.78 is 19.8. The van der Waals surface area contributed by atoms with Crippen LogP contribution in [0.3, 0.4) is 0 Å². The van der Waals surface area contributed by atoms with Crippen LogP contribution in [0.5, 0.6) is 0 Å². The van der Waals surface area contributed by atoms with E-state index in [9.17, 15) is 4.79 Å². The summed E-state index contributed by atoms with van der Waals surface area (Å²) in [5.41, 5.74) is 2.57. The van der Waals surface area contributed by atoms with E-state index >= 15 is 0 Å². The molecule has 1 unspecified atom stereocenters. The van der Waals surface area contributed by atoms with E-state index in [0.717, 1.165) is 36.5 Å². The number of allylic oxidation sites excluding steroid dienone is 1. The smallest absolute Gasteiger partial charge is 0.199 e. The van der Waals surface area contributed by atoms with Crippen molar-refractivity contribution in [1.82, 2.24) is 0 Å². The first-order valence-electron chi connectivity index (χ1n) is 17.9. The van der Waals surface area contributed by atoms with Crippen LogP contribution < -0.4 is 0 Å². The molecule has 3 fully saturated rings. The molecule has 248 valence electrons. The fourth-order valence-electron chi connectivity index (χ4n) is 9.04. The fourth-order valence-corrected chi connectivity index (χ4v) is 11.3. The Kier molecular flexibility index (Phi) is 10.3. The van der Waals surface area contributed by atoms with E-state index in [0.29, 0.717) is 23.9 Å². The quantitative estimate of drug-likeness (QED) is 0.137. The molecule has 0 aromatic heterocycles. The van der Waals surface area contributed by atoms with Gasteiger partial charge < -0.3 is 13.6 Å². The molecule has 6 heteroatoms. The van der Waals surface area contributed by atoms with Gasteiger partial charge in [-0.05, 0) is 122 Å². The third-order valence-corrected chi connectivity index (χ3v) is 23.0. The van der Waals surface area contributed by atoms with Crippen molar-refractivity contribution < 1.29 is 18.4 Å². The van der Waals surface area contributed by atoms with Gasteiger partial charge in [0, 0.05) is 6.42 Å². The molecule has 7 atom stereocenters. The number of hydrogen-bond acceptors (Lipinski definition) is 4. The van der Waals surface area contributed by atoms with Gasteiger partial charge in [0.2, 0.25) is 0 Å². The zero-order chi connectivity index (χ0) is 32.2. The van der Waals surface area contributed by atoms with Gasteiger partial charge in [0.1, 0.15) is 0 Å². The van der Waals surface area contributed by atoms with Gasteiger partial charge >= 0.3 is 0 Å². The molecule has 0 spiro atoms. The van der Waals surface area contributed by atoms with Crippen LogP contribution in [-0.2, 0) is 18.4 Å². The van der Waals surface area contributed by atoms with Crippen molar-refractivity contribution in [2.45, 2.75) is 175 Å². The van der Waals surface area contributed by atoms with E-state index in [1.165, 1.54) is 44.9 Å². The van der Waals surface area contributed by atoms with Crippen LogP contribution in [0.15, 0.2) is 11.6 Å². The first-order valence-corrected chi connectivity index (χ1v) is 23.7. The topological polar surface area (TPSA) is 44.8 Å². The summed E-state index contributed by atoms with van der Waals surface area (Å²) in [6.07, 6.45) is 14.2. The summed E-state index contributed by atoms with van der Waals surface area (Å²) in [5.74, 6) is 3.60. The van der Waals surface area contributed by atoms with Crippen LogP contribution in [-0.4, -0.2) is 41.4 Å². The normalized spacial score (nSPS) is 35.3. The molecule has 0 amide bonds. The molecule has 0 radical (unpaired) electrons. The summed E-state index contributed by atoms with van der Waals surface area (Å²) in [6.45, 7) is 30.3. The Labute approximate surface area is 268 Å². The number of fused-ring (bicyclic) bond motifs is 5. The highest BCUT2D eigenvalue weighted by molar-refractivity contribution is 6.75. The first kappa shape index (κ1) is 35.6. The van der Waals surface area contributed by atoms with Crippen molar-refractivity contribution >= 4 is 22.4 Å². The van der Waals surface area contributed by atoms with Crippen LogP contribution in [0.2, 0.25) is 36.3 Å². The molecule has 0 N–H and O–H groups in total. The molecule has 0 aliphatic heterocycles. The Balaban J connectivity index is 1.37. The Morgan fingerprint density at radius 1 is 0.907 bits per heavy atom. The van der Waals surface area contributed by atoms with Crippen molar-refractivity contribution in [3.05, 3.63) is 11.6 Å². The number of carbonyl (C=O) groups is 1. The summed E-state index contributed by atoms with van der Waals surface area (Å²) >= 11 is 0. The SMILES string of the molecule is CC[C@H]1CC[C@H]2[C@@H]3CC=C4CC(OCCC(=O)C(O[Si](C)(C)C(C)(C)C)O[Si](C)(C)C(C)(C)C)CC[C@]4(C)[C@H]3CC[C@]12C. The van der Waals surface area contributed by atoms with Crippen molar-refractivity contribution in [3.63, 3.8) is 0 Å². The highest BCUT2D eigenvalue weighted by Crippen LogP contribution is 2.66. The van der Waals surface area contributed by atoms with E-state index in [4.69, 9.17) is 13.6 Å². The number of hydrogen-bond donors (Lipinski definition) is 0. The van der Waals surface area contributed by atoms with Crippen molar-refractivity contribution in [2.24, 2.45) is 34.5 Å². The fraction of sp³-hybridized carbons (Fsp3) is 0.919. The maximum Gasteiger partial charge on any atom is 0.199 e. The lowest BCUT2D eigenvalue weighted by molar-refractivity contribution is -0.142. The first-order chi connectivity index (χ1) is 19.7. The lowest BCUT2D eigenvalue weighted by Crippen LogP contribution is -2.52. The van der Waals surface area contributed by atoms with E-state index in [-0.39, 0.29) is 22.0 Å². The van der Waals surface area contributed by atoms with Crippen LogP contribution >= 0.6 is 0 Å². The molecule has 0 bridgehead atoms. The molecule has 0 saturated heterocycles. The minimum absolute atomic E-state index is 0.00667. The molecular weight excluding hydrogens is 565 g/mol. The van der Waals surface area contributed by atoms with Gasteiger partial charge in [-0.25, -0.2) is 0 Å². The van der Waals surface area contributed by atoms with Crippen LogP contribution in [0.25, 0.3) is 0 Å². The molecule has 0 heterocycles. The van der Waals surface area contributed by atoms with E-state index in [1.807, 2.05) is 0 Å². The maximum absolute atomic E-state index is 13.7. The number of ketones is 1. The van der Waals surface area contributed by atoms with Crippen LogP contribution in [0.4, 0.5) is 0 Å². The average molecular weight is 633 g/mol. The Bertz CT molecular complexity index is 1010. The van der Waals surface area contributed by atoms with E-state index < -0.39 is 22.9 Å². The summed E-state index contributed by atoms with van der Waals surface area (Å²) in [5, 5.41) is 0.0133. The lowest BCUT2D eigenvalue weighted by Gasteiger charge is -2.58. The summed E-state index contributed by atoms with van der Waals surface area (Å²) in [4.78, 5) is 13.7. The third kappa shape index (κ3) is 6.89. The highest BCUT2D eigenvalue weighted by atomic mass is 28.4. The molecule has 0 aromatic carbocycles. The minimum atomic E-state index is -2.19. The van der Waals surface area contributed by atoms with E-state index in [2.05, 4.69) is 94.6 Å². The Morgan fingerprint density at radius 2 is 1.51 bits per heavy atom. The van der Waals surface area contributed by atoms with Gasteiger partial charge in [0.25, 0.3) is 0 Å². The predicted molar refractivity (Wildman–Crippen MR) is 185 cm³/mol. The van der Waals surface area contributed by atoms with Crippen molar-refractivity contribution in [1.29, 1.82) is 0 Å². The molecule has 3 saturated carbocycles. The lowest BCUT2D eigenvalue weighted by atomic mass is 9.47. The number of ether oxygens (including phenoxy) is 1. The zero-order valence-corrected chi connectivity index (χ0v) is 32.5. The molecule has 4 rings (SSSR count). The summed E-state index contributed by atoms with van der Waals surface area (Å²) in [7, 11) is -4.39. The second-order valence-corrected chi connectivity index (χ2v) is 28.0. The van der Waals surface area contributed by atoms with Gasteiger partial charge in [-0.15, -0.1) is 0 Å². The molecule has 43 heavy (non-hydrogen) atoms. The van der Waals surface area contributed by atoms with E-state index in [1.54, 1.807) is 5.57 Å². The monoisotopic (exact) mass is 632 g/mol. The van der Waals surface area contributed by atoms with Gasteiger partial charge in [-0.2, -0.15) is 0 Å². The second-order valence-electron chi connectivity index (χ2n) is 18.5. The summed E-state index contributed by atoms with van der Waals surface area (Å²) in [6, 6.07) is 0. The molecule has 4 aliphatic carbocycles. The number of Topliss-reactive ketones (excluding diaryl/α,β-unsaturated/α-hetero) is 1.